The van der Waals surface area contributed by atoms with Gasteiger partial charge in [-0.05, 0) is 12.3 Å². The van der Waals surface area contributed by atoms with Crippen LogP contribution in [0.3, 0.4) is 0 Å². The van der Waals surface area contributed by atoms with Crippen LogP contribution in [0, 0.1) is 0 Å². The average Bonchev–Trinajstić information content (AvgIpc) is 2.09. The molecule has 0 spiro atoms. The molecule has 0 radical (unpaired) electrons. The van der Waals surface area contributed by atoms with E-state index in [0.29, 0.717) is 0 Å². The van der Waals surface area contributed by atoms with Gasteiger partial charge >= 0.3 is 8.80 Å². The summed E-state index contributed by atoms with van der Waals surface area (Å²) in [5, 5.41) is 0. The highest BCUT2D eigenvalue weighted by molar-refractivity contribution is 6.66. The van der Waals surface area contributed by atoms with E-state index >= 15 is 0 Å². The standard InChI is InChI=1S/C5H12O3Si.C2H2F2/c1-5-9(6-2,7-3)8-4;1-2(3)4/h5H,1H2,2-4H3;1H2. The van der Waals surface area contributed by atoms with E-state index in [9.17, 15) is 8.78 Å². The van der Waals surface area contributed by atoms with Crippen molar-refractivity contribution in [2.45, 2.75) is 0 Å². The van der Waals surface area contributed by atoms with Gasteiger partial charge in [-0.3, -0.25) is 0 Å². The van der Waals surface area contributed by atoms with Crippen molar-refractivity contribution in [3.8, 4) is 0 Å². The van der Waals surface area contributed by atoms with Crippen LogP contribution in [0.2, 0.25) is 0 Å². The summed E-state index contributed by atoms with van der Waals surface area (Å²) in [7, 11) is 2.20. The second kappa shape index (κ2) is 8.05. The van der Waals surface area contributed by atoms with Crippen molar-refractivity contribution >= 4 is 8.80 Å². The number of rotatable bonds is 4. The molecule has 0 aliphatic heterocycles. The van der Waals surface area contributed by atoms with E-state index in [2.05, 4.69) is 13.2 Å². The molecule has 0 aromatic rings. The number of hydrogen-bond acceptors (Lipinski definition) is 3. The summed E-state index contributed by atoms with van der Waals surface area (Å²) >= 11 is 0. The molecular weight excluding hydrogens is 198 g/mol. The SMILES string of the molecule is C=C(F)F.C=C[Si](OC)(OC)OC. The predicted octanol–water partition coefficient (Wildman–Crippen LogP) is 1.99. The highest BCUT2D eigenvalue weighted by Gasteiger charge is 2.33. The molecule has 6 heteroatoms. The first kappa shape index (κ1) is 14.9. The summed E-state index contributed by atoms with van der Waals surface area (Å²) < 4.78 is 35.2. The van der Waals surface area contributed by atoms with Crippen molar-refractivity contribution in [1.82, 2.24) is 0 Å². The van der Waals surface area contributed by atoms with E-state index < -0.39 is 14.9 Å². The second-order valence-corrected chi connectivity index (χ2v) is 4.60. The van der Waals surface area contributed by atoms with Crippen LogP contribution >= 0.6 is 0 Å². The van der Waals surface area contributed by atoms with Crippen molar-refractivity contribution in [3.63, 3.8) is 0 Å². The van der Waals surface area contributed by atoms with Crippen LogP contribution in [0.5, 0.6) is 0 Å². The van der Waals surface area contributed by atoms with Gasteiger partial charge in [-0.15, -0.1) is 0 Å². The van der Waals surface area contributed by atoms with Gasteiger partial charge in [0, 0.05) is 21.3 Å². The normalized spacial score (nSPS) is 9.92. The maximum absolute atomic E-state index is 10.1. The van der Waals surface area contributed by atoms with Gasteiger partial charge in [0.15, 0.2) is 0 Å². The molecule has 0 N–H and O–H groups in total. The minimum Gasteiger partial charge on any atom is -0.374 e. The van der Waals surface area contributed by atoms with Crippen molar-refractivity contribution in [2.75, 3.05) is 21.3 Å². The van der Waals surface area contributed by atoms with Gasteiger partial charge < -0.3 is 13.3 Å². The van der Waals surface area contributed by atoms with Crippen LogP contribution in [0.1, 0.15) is 0 Å². The van der Waals surface area contributed by atoms with Crippen molar-refractivity contribution in [2.24, 2.45) is 0 Å². The van der Waals surface area contributed by atoms with Gasteiger partial charge in [-0.1, -0.05) is 6.58 Å². The maximum atomic E-state index is 10.1. The maximum Gasteiger partial charge on any atom is 0.528 e. The van der Waals surface area contributed by atoms with Crippen LogP contribution in [0.25, 0.3) is 0 Å². The Bertz CT molecular complexity index is 148. The van der Waals surface area contributed by atoms with E-state index in [-0.39, 0.29) is 0 Å². The molecule has 78 valence electrons. The Balaban J connectivity index is 0. The Morgan fingerprint density at radius 3 is 1.38 bits per heavy atom. The molecule has 0 atom stereocenters. The van der Waals surface area contributed by atoms with Crippen LogP contribution < -0.4 is 0 Å². The fourth-order valence-corrected chi connectivity index (χ4v) is 1.50. The quantitative estimate of drug-likeness (QED) is 0.667. The molecule has 0 rings (SSSR count). The monoisotopic (exact) mass is 212 g/mol. The van der Waals surface area contributed by atoms with Gasteiger partial charge in [-0.25, -0.2) is 0 Å². The van der Waals surface area contributed by atoms with Crippen molar-refractivity contribution < 1.29 is 22.1 Å². The van der Waals surface area contributed by atoms with E-state index in [4.69, 9.17) is 13.3 Å². The molecule has 0 aliphatic carbocycles. The first-order chi connectivity index (χ1) is 5.97. The summed E-state index contributed by atoms with van der Waals surface area (Å²) in [5.41, 5.74) is 1.58. The highest BCUT2D eigenvalue weighted by Crippen LogP contribution is 2.04. The summed E-state index contributed by atoms with van der Waals surface area (Å²) in [6.45, 7) is 5.75. The number of hydrogen-bond donors (Lipinski definition) is 0. The lowest BCUT2D eigenvalue weighted by molar-refractivity contribution is 0.138. The van der Waals surface area contributed by atoms with E-state index in [1.807, 2.05) is 0 Å². The Morgan fingerprint density at radius 1 is 1.15 bits per heavy atom. The lowest BCUT2D eigenvalue weighted by Gasteiger charge is -2.19. The molecule has 0 amide bonds. The first-order valence-corrected chi connectivity index (χ1v) is 5.07. The molecular formula is C7H14F2O3Si. The Kier molecular flexibility index (Phi) is 9.25. The fraction of sp³-hybridized carbons (Fsp3) is 0.429. The van der Waals surface area contributed by atoms with Gasteiger partial charge in [0.05, 0.1) is 0 Å². The average molecular weight is 212 g/mol. The molecule has 0 aromatic carbocycles. The lowest BCUT2D eigenvalue weighted by atomic mass is 11.2. The van der Waals surface area contributed by atoms with E-state index in [1.165, 1.54) is 0 Å². The van der Waals surface area contributed by atoms with Crippen LogP contribution in [0.15, 0.2) is 24.9 Å². The third-order valence-corrected chi connectivity index (χ3v) is 3.31. The first-order valence-electron chi connectivity index (χ1n) is 3.27. The lowest BCUT2D eigenvalue weighted by Crippen LogP contribution is -2.40. The second-order valence-electron chi connectivity index (χ2n) is 1.76. The van der Waals surface area contributed by atoms with Gasteiger partial charge in [0.1, 0.15) is 0 Å². The zero-order valence-corrected chi connectivity index (χ0v) is 8.97. The smallest absolute Gasteiger partial charge is 0.374 e. The Labute approximate surface area is 78.0 Å². The Morgan fingerprint density at radius 2 is 1.38 bits per heavy atom. The summed E-state index contributed by atoms with van der Waals surface area (Å²) in [4.78, 5) is 0. The van der Waals surface area contributed by atoms with Crippen molar-refractivity contribution in [1.29, 1.82) is 0 Å². The third kappa shape index (κ3) is 7.79. The van der Waals surface area contributed by atoms with E-state index in [0.717, 1.165) is 0 Å². The zero-order chi connectivity index (χ0) is 10.9. The topological polar surface area (TPSA) is 27.7 Å². The highest BCUT2D eigenvalue weighted by atomic mass is 28.4. The summed E-state index contributed by atoms with van der Waals surface area (Å²) in [6, 6.07) is 0. The molecule has 0 heterocycles. The molecule has 3 nitrogen and oxygen atoms in total. The fourth-order valence-electron chi connectivity index (χ4n) is 0.500. The number of halogens is 2. The molecule has 0 saturated carbocycles. The van der Waals surface area contributed by atoms with Crippen LogP contribution in [-0.4, -0.2) is 30.1 Å². The summed E-state index contributed by atoms with van der Waals surface area (Å²) in [5.74, 6) is 0. The predicted molar refractivity (Wildman–Crippen MR) is 48.3 cm³/mol. The molecule has 0 bridgehead atoms. The van der Waals surface area contributed by atoms with E-state index in [1.54, 1.807) is 27.0 Å². The minimum absolute atomic E-state index is 1.54. The zero-order valence-electron chi connectivity index (χ0n) is 7.97. The van der Waals surface area contributed by atoms with Crippen molar-refractivity contribution in [3.05, 3.63) is 24.9 Å². The third-order valence-electron chi connectivity index (χ3n) is 1.10. The van der Waals surface area contributed by atoms with Crippen LogP contribution in [0.4, 0.5) is 8.78 Å². The van der Waals surface area contributed by atoms with Gasteiger partial charge in [0.25, 0.3) is 6.08 Å². The Hall–Kier alpha value is -0.563. The minimum atomic E-state index is -2.43. The van der Waals surface area contributed by atoms with Crippen LogP contribution in [-0.2, 0) is 13.3 Å². The van der Waals surface area contributed by atoms with Gasteiger partial charge in [0.2, 0.25) is 0 Å². The molecule has 0 saturated heterocycles. The molecule has 0 aromatic heterocycles. The molecule has 13 heavy (non-hydrogen) atoms. The largest absolute Gasteiger partial charge is 0.528 e. The molecule has 0 unspecified atom stereocenters. The van der Waals surface area contributed by atoms with Gasteiger partial charge in [-0.2, -0.15) is 8.78 Å². The summed E-state index contributed by atoms with van der Waals surface area (Å²) in [6.07, 6.45) is -1.83. The molecule has 0 fully saturated rings. The molecule has 0 aliphatic rings.